The third-order valence-corrected chi connectivity index (χ3v) is 5.85. The zero-order valence-electron chi connectivity index (χ0n) is 18.6. The third-order valence-electron chi connectivity index (χ3n) is 5.85. The zero-order chi connectivity index (χ0) is 21.7. The van der Waals surface area contributed by atoms with Crippen molar-refractivity contribution in [2.75, 3.05) is 67.6 Å². The smallest absolute Gasteiger partial charge is 0.236 e. The van der Waals surface area contributed by atoms with Gasteiger partial charge in [0.1, 0.15) is 11.5 Å². The van der Waals surface area contributed by atoms with Crippen LogP contribution in [0.2, 0.25) is 0 Å². The summed E-state index contributed by atoms with van der Waals surface area (Å²) in [6.45, 7) is 4.28. The van der Waals surface area contributed by atoms with Gasteiger partial charge in [-0.2, -0.15) is 0 Å². The number of likely N-dealkylation sites (N-methyl/N-ethyl adjacent to an activating group) is 1. The van der Waals surface area contributed by atoms with E-state index < -0.39 is 0 Å². The summed E-state index contributed by atoms with van der Waals surface area (Å²) >= 11 is 0. The fourth-order valence-corrected chi connectivity index (χ4v) is 3.74. The van der Waals surface area contributed by atoms with Crippen molar-refractivity contribution in [2.45, 2.75) is 25.4 Å². The predicted molar refractivity (Wildman–Crippen MR) is 115 cm³/mol. The number of rotatable bonds is 9. The third kappa shape index (κ3) is 5.86. The topological polar surface area (TPSA) is 65.6 Å². The molecule has 1 heterocycles. The Bertz CT molecular complexity index is 743. The minimum absolute atomic E-state index is 0.0990. The summed E-state index contributed by atoms with van der Waals surface area (Å²) in [6.07, 6.45) is 2.25. The van der Waals surface area contributed by atoms with Gasteiger partial charge >= 0.3 is 0 Å². The largest absolute Gasteiger partial charge is 0.497 e. The molecule has 0 atom stereocenters. The average molecular weight is 419 g/mol. The Morgan fingerprint density at radius 3 is 2.33 bits per heavy atom. The summed E-state index contributed by atoms with van der Waals surface area (Å²) in [6, 6.07) is 6.23. The van der Waals surface area contributed by atoms with Gasteiger partial charge in [0.15, 0.2) is 0 Å². The van der Waals surface area contributed by atoms with E-state index in [1.54, 1.807) is 33.2 Å². The van der Waals surface area contributed by atoms with Crippen molar-refractivity contribution < 1.29 is 19.1 Å². The number of amides is 2. The maximum absolute atomic E-state index is 13.0. The lowest BCUT2D eigenvalue weighted by molar-refractivity contribution is -0.135. The second kappa shape index (κ2) is 10.1. The first-order chi connectivity index (χ1) is 14.4. The van der Waals surface area contributed by atoms with Crippen molar-refractivity contribution in [3.05, 3.63) is 23.8 Å². The van der Waals surface area contributed by atoms with Crippen LogP contribution in [0.4, 0.5) is 0 Å². The van der Waals surface area contributed by atoms with Crippen LogP contribution in [0.1, 0.15) is 18.4 Å². The van der Waals surface area contributed by atoms with E-state index in [0.29, 0.717) is 38.8 Å². The fourth-order valence-electron chi connectivity index (χ4n) is 3.74. The van der Waals surface area contributed by atoms with Gasteiger partial charge in [-0.05, 0) is 31.0 Å². The summed E-state index contributed by atoms with van der Waals surface area (Å²) in [5.41, 5.74) is 1.03. The summed E-state index contributed by atoms with van der Waals surface area (Å²) in [4.78, 5) is 32.8. The van der Waals surface area contributed by atoms with E-state index in [1.807, 2.05) is 23.1 Å². The second-order valence-corrected chi connectivity index (χ2v) is 8.26. The van der Waals surface area contributed by atoms with E-state index in [0.717, 1.165) is 43.0 Å². The molecule has 8 heteroatoms. The highest BCUT2D eigenvalue weighted by Crippen LogP contribution is 2.31. The molecule has 1 aromatic rings. The molecular weight excluding hydrogens is 384 g/mol. The van der Waals surface area contributed by atoms with Gasteiger partial charge in [-0.15, -0.1) is 0 Å². The van der Waals surface area contributed by atoms with Crippen LogP contribution in [0.15, 0.2) is 18.2 Å². The Morgan fingerprint density at radius 2 is 1.77 bits per heavy atom. The lowest BCUT2D eigenvalue weighted by atomic mass is 10.1. The van der Waals surface area contributed by atoms with Gasteiger partial charge in [0.05, 0.1) is 27.3 Å². The van der Waals surface area contributed by atoms with Crippen LogP contribution < -0.4 is 9.47 Å². The number of carbonyl (C=O) groups excluding carboxylic acids is 2. The molecule has 3 rings (SSSR count). The van der Waals surface area contributed by atoms with Gasteiger partial charge in [-0.25, -0.2) is 0 Å². The minimum atomic E-state index is 0.0990. The van der Waals surface area contributed by atoms with Gasteiger partial charge in [0, 0.05) is 58.4 Å². The molecule has 30 heavy (non-hydrogen) atoms. The SMILES string of the molecule is COc1ccc(OC)c(CN(CC(=O)N2CCN(CC(=O)N(C)C)CC2)C2CC2)c1. The van der Waals surface area contributed by atoms with Crippen molar-refractivity contribution in [3.8, 4) is 11.5 Å². The zero-order valence-corrected chi connectivity index (χ0v) is 18.6. The Hall–Kier alpha value is -2.32. The van der Waals surface area contributed by atoms with Crippen molar-refractivity contribution >= 4 is 11.8 Å². The molecule has 1 aliphatic carbocycles. The predicted octanol–water partition coefficient (Wildman–Crippen LogP) is 0.901. The molecule has 0 spiro atoms. The molecule has 0 aromatic heterocycles. The van der Waals surface area contributed by atoms with Gasteiger partial charge in [0.25, 0.3) is 0 Å². The van der Waals surface area contributed by atoms with Crippen molar-refractivity contribution in [2.24, 2.45) is 0 Å². The van der Waals surface area contributed by atoms with Crippen LogP contribution in [0, 0.1) is 0 Å². The molecule has 2 aliphatic rings. The van der Waals surface area contributed by atoms with E-state index in [9.17, 15) is 9.59 Å². The molecule has 0 unspecified atom stereocenters. The maximum atomic E-state index is 13.0. The maximum Gasteiger partial charge on any atom is 0.236 e. The normalized spacial score (nSPS) is 17.2. The quantitative estimate of drug-likeness (QED) is 0.594. The average Bonchev–Trinajstić information content (AvgIpc) is 3.59. The first kappa shape index (κ1) is 22.4. The molecule has 1 saturated carbocycles. The van der Waals surface area contributed by atoms with Crippen LogP contribution in [0.5, 0.6) is 11.5 Å². The lowest BCUT2D eigenvalue weighted by Gasteiger charge is -2.36. The Labute approximate surface area is 179 Å². The van der Waals surface area contributed by atoms with Gasteiger partial charge in [-0.3, -0.25) is 19.4 Å². The number of hydrogen-bond acceptors (Lipinski definition) is 6. The first-order valence-electron chi connectivity index (χ1n) is 10.6. The van der Waals surface area contributed by atoms with Gasteiger partial charge in [-0.1, -0.05) is 0 Å². The molecule has 2 amide bonds. The Balaban J connectivity index is 1.56. The molecule has 0 bridgehead atoms. The van der Waals surface area contributed by atoms with E-state index in [4.69, 9.17) is 9.47 Å². The van der Waals surface area contributed by atoms with Crippen molar-refractivity contribution in [1.29, 1.82) is 0 Å². The second-order valence-electron chi connectivity index (χ2n) is 8.26. The molecule has 166 valence electrons. The van der Waals surface area contributed by atoms with Crippen LogP contribution in [0.3, 0.4) is 0 Å². The fraction of sp³-hybridized carbons (Fsp3) is 0.636. The monoisotopic (exact) mass is 418 g/mol. The molecule has 0 radical (unpaired) electrons. The number of piperazine rings is 1. The van der Waals surface area contributed by atoms with Crippen LogP contribution in [-0.4, -0.2) is 105 Å². The molecule has 1 saturated heterocycles. The Kier molecular flexibility index (Phi) is 7.55. The highest BCUT2D eigenvalue weighted by molar-refractivity contribution is 5.79. The van der Waals surface area contributed by atoms with Crippen LogP contribution in [-0.2, 0) is 16.1 Å². The van der Waals surface area contributed by atoms with E-state index in [-0.39, 0.29) is 11.8 Å². The highest BCUT2D eigenvalue weighted by atomic mass is 16.5. The molecule has 1 aliphatic heterocycles. The van der Waals surface area contributed by atoms with Crippen LogP contribution in [0.25, 0.3) is 0 Å². The highest BCUT2D eigenvalue weighted by Gasteiger charge is 2.33. The molecular formula is C22H34N4O4. The van der Waals surface area contributed by atoms with E-state index in [1.165, 1.54) is 0 Å². The molecule has 0 N–H and O–H groups in total. The summed E-state index contributed by atoms with van der Waals surface area (Å²) < 4.78 is 10.9. The van der Waals surface area contributed by atoms with Gasteiger partial charge in [0.2, 0.25) is 11.8 Å². The number of ether oxygens (including phenoxy) is 2. The van der Waals surface area contributed by atoms with Crippen LogP contribution >= 0.6 is 0 Å². The number of benzene rings is 1. The number of nitrogens with zero attached hydrogens (tertiary/aromatic N) is 4. The Morgan fingerprint density at radius 1 is 1.07 bits per heavy atom. The minimum Gasteiger partial charge on any atom is -0.497 e. The first-order valence-corrected chi connectivity index (χ1v) is 10.6. The van der Waals surface area contributed by atoms with Crippen molar-refractivity contribution in [1.82, 2.24) is 19.6 Å². The standard InChI is InChI=1S/C22H34N4O4/c1-23(2)21(27)15-24-9-11-25(12-10-24)22(28)16-26(18-5-6-18)14-17-13-19(29-3)7-8-20(17)30-4/h7-8,13,18H,5-6,9-12,14-16H2,1-4H3. The summed E-state index contributed by atoms with van der Waals surface area (Å²) in [7, 11) is 6.86. The molecule has 1 aromatic carbocycles. The van der Waals surface area contributed by atoms with Gasteiger partial charge < -0.3 is 19.3 Å². The number of hydrogen-bond donors (Lipinski definition) is 0. The molecule has 2 fully saturated rings. The molecule has 8 nitrogen and oxygen atoms in total. The summed E-state index contributed by atoms with van der Waals surface area (Å²) in [5.74, 6) is 1.86. The summed E-state index contributed by atoms with van der Waals surface area (Å²) in [5, 5.41) is 0. The number of methoxy groups -OCH3 is 2. The number of carbonyl (C=O) groups is 2. The lowest BCUT2D eigenvalue weighted by Crippen LogP contribution is -2.53. The van der Waals surface area contributed by atoms with E-state index >= 15 is 0 Å². The van der Waals surface area contributed by atoms with E-state index in [2.05, 4.69) is 9.80 Å². The van der Waals surface area contributed by atoms with Crippen molar-refractivity contribution in [3.63, 3.8) is 0 Å².